The van der Waals surface area contributed by atoms with Gasteiger partial charge in [0.1, 0.15) is 11.2 Å². The summed E-state index contributed by atoms with van der Waals surface area (Å²) in [6.45, 7) is 0. The van der Waals surface area contributed by atoms with Crippen LogP contribution < -0.4 is 5.32 Å². The van der Waals surface area contributed by atoms with Crippen LogP contribution >= 0.6 is 15.9 Å². The minimum absolute atomic E-state index is 0.313. The van der Waals surface area contributed by atoms with E-state index in [1.807, 2.05) is 0 Å². The number of halogens is 1. The number of hydrogen-bond acceptors (Lipinski definition) is 4. The van der Waals surface area contributed by atoms with Gasteiger partial charge in [-0.05, 0) is 0 Å². The molecule has 0 bridgehead atoms. The third kappa shape index (κ3) is 1.41. The lowest BCUT2D eigenvalue weighted by atomic mass is 10.0. The van der Waals surface area contributed by atoms with Crippen molar-refractivity contribution >= 4 is 27.7 Å². The van der Waals surface area contributed by atoms with Gasteiger partial charge in [0.15, 0.2) is 0 Å². The van der Waals surface area contributed by atoms with Crippen LogP contribution in [0.1, 0.15) is 11.5 Å². The highest BCUT2D eigenvalue weighted by molar-refractivity contribution is 9.10. The highest BCUT2D eigenvalue weighted by Gasteiger charge is 2.41. The Balaban J connectivity index is 2.36. The molecule has 2 amide bonds. The number of nitrogens with one attached hydrogen (secondary N) is 1. The highest BCUT2D eigenvalue weighted by atomic mass is 79.9. The van der Waals surface area contributed by atoms with Crippen LogP contribution in [0.2, 0.25) is 0 Å². The summed E-state index contributed by atoms with van der Waals surface area (Å²) >= 11 is 3.16. The summed E-state index contributed by atoms with van der Waals surface area (Å²) in [6, 6.07) is 0. The lowest BCUT2D eigenvalue weighted by molar-refractivity contribution is -0.125. The predicted molar refractivity (Wildman–Crippen MR) is 50.6 cm³/mol. The number of amides is 2. The Hall–Kier alpha value is -1.30. The van der Waals surface area contributed by atoms with E-state index in [0.717, 1.165) is 0 Å². The zero-order valence-electron chi connectivity index (χ0n) is 6.98. The minimum atomic E-state index is -0.527. The van der Waals surface area contributed by atoms with Crippen molar-refractivity contribution in [3.05, 3.63) is 24.3 Å². The van der Waals surface area contributed by atoms with Crippen molar-refractivity contribution in [3.8, 4) is 0 Å². The van der Waals surface area contributed by atoms with E-state index < -0.39 is 10.7 Å². The topological polar surface area (TPSA) is 72.0 Å². The zero-order chi connectivity index (χ0) is 10.1. The number of hydrogen-bond donors (Lipinski definition) is 1. The van der Waals surface area contributed by atoms with Crippen molar-refractivity contribution in [2.24, 2.45) is 0 Å². The number of nitrogens with zero attached hydrogens (tertiary/aromatic N) is 2. The van der Waals surface area contributed by atoms with Gasteiger partial charge in [0, 0.05) is 18.0 Å². The molecule has 2 rings (SSSR count). The van der Waals surface area contributed by atoms with Gasteiger partial charge >= 0.3 is 0 Å². The van der Waals surface area contributed by atoms with Gasteiger partial charge < -0.3 is 0 Å². The Morgan fingerprint density at radius 1 is 1.21 bits per heavy atom. The molecule has 1 aromatic heterocycles. The van der Waals surface area contributed by atoms with Gasteiger partial charge in [0.05, 0.1) is 5.92 Å². The van der Waals surface area contributed by atoms with Gasteiger partial charge in [0.25, 0.3) is 0 Å². The standard InChI is InChI=1S/C8H6BrN3O2/c9-6-5(7(13)12-8(6)14)4-1-10-3-11-2-4/h1-3,5-6H,(H,12,13,14). The Labute approximate surface area is 88.1 Å². The van der Waals surface area contributed by atoms with Crippen LogP contribution in [0.3, 0.4) is 0 Å². The Bertz CT molecular complexity index is 381. The molecular formula is C8H6BrN3O2. The number of carbonyl (C=O) groups excluding carboxylic acids is 2. The van der Waals surface area contributed by atoms with Crippen LogP contribution in [0.4, 0.5) is 0 Å². The molecule has 0 aliphatic carbocycles. The summed E-state index contributed by atoms with van der Waals surface area (Å²) in [7, 11) is 0. The minimum Gasteiger partial charge on any atom is -0.295 e. The van der Waals surface area contributed by atoms with Gasteiger partial charge in [0.2, 0.25) is 11.8 Å². The number of imide groups is 1. The van der Waals surface area contributed by atoms with E-state index in [2.05, 4.69) is 31.2 Å². The number of rotatable bonds is 1. The lowest BCUT2D eigenvalue weighted by Crippen LogP contribution is -2.22. The van der Waals surface area contributed by atoms with Crippen LogP contribution in [0.15, 0.2) is 18.7 Å². The molecule has 2 unspecified atom stereocenters. The second kappa shape index (κ2) is 3.45. The maximum atomic E-state index is 11.4. The maximum absolute atomic E-state index is 11.4. The molecule has 1 saturated heterocycles. The monoisotopic (exact) mass is 255 g/mol. The summed E-state index contributed by atoms with van der Waals surface area (Å²) in [5.41, 5.74) is 0.637. The largest absolute Gasteiger partial charge is 0.295 e. The first-order chi connectivity index (χ1) is 6.70. The fourth-order valence-electron chi connectivity index (χ4n) is 1.34. The quantitative estimate of drug-likeness (QED) is 0.566. The fraction of sp³-hybridized carbons (Fsp3) is 0.250. The zero-order valence-corrected chi connectivity index (χ0v) is 8.56. The highest BCUT2D eigenvalue weighted by Crippen LogP contribution is 2.28. The van der Waals surface area contributed by atoms with Crippen molar-refractivity contribution in [2.75, 3.05) is 0 Å². The fourth-order valence-corrected chi connectivity index (χ4v) is 2.00. The van der Waals surface area contributed by atoms with E-state index in [1.54, 1.807) is 0 Å². The molecule has 72 valence electrons. The molecule has 1 fully saturated rings. The van der Waals surface area contributed by atoms with E-state index in [-0.39, 0.29) is 11.8 Å². The van der Waals surface area contributed by atoms with Crippen LogP contribution in [0.5, 0.6) is 0 Å². The summed E-state index contributed by atoms with van der Waals surface area (Å²) < 4.78 is 0. The average molecular weight is 256 g/mol. The van der Waals surface area contributed by atoms with Crippen LogP contribution in [0.25, 0.3) is 0 Å². The number of aromatic nitrogens is 2. The molecule has 6 heteroatoms. The maximum Gasteiger partial charge on any atom is 0.241 e. The molecule has 5 nitrogen and oxygen atoms in total. The average Bonchev–Trinajstić information content (AvgIpc) is 2.43. The summed E-state index contributed by atoms with van der Waals surface area (Å²) in [5, 5.41) is 2.23. The smallest absolute Gasteiger partial charge is 0.241 e. The van der Waals surface area contributed by atoms with Crippen LogP contribution in [0, 0.1) is 0 Å². The normalized spacial score (nSPS) is 26.4. The van der Waals surface area contributed by atoms with Crippen molar-refractivity contribution in [1.29, 1.82) is 0 Å². The molecule has 1 N–H and O–H groups in total. The molecule has 2 heterocycles. The SMILES string of the molecule is O=C1NC(=O)C(c2cncnc2)C1Br. The predicted octanol–water partition coefficient (Wildman–Crippen LogP) is -0.0199. The Morgan fingerprint density at radius 3 is 2.36 bits per heavy atom. The van der Waals surface area contributed by atoms with E-state index in [1.165, 1.54) is 18.7 Å². The summed E-state index contributed by atoms with van der Waals surface area (Å²) in [4.78, 5) is 29.6. The van der Waals surface area contributed by atoms with Crippen LogP contribution in [-0.2, 0) is 9.59 Å². The third-order valence-electron chi connectivity index (χ3n) is 2.01. The molecule has 0 saturated carbocycles. The molecule has 2 atom stereocenters. The van der Waals surface area contributed by atoms with Gasteiger partial charge in [-0.15, -0.1) is 0 Å². The number of carbonyl (C=O) groups is 2. The first-order valence-corrected chi connectivity index (χ1v) is 4.85. The first-order valence-electron chi connectivity index (χ1n) is 3.94. The van der Waals surface area contributed by atoms with Crippen molar-refractivity contribution in [1.82, 2.24) is 15.3 Å². The molecule has 0 spiro atoms. The van der Waals surface area contributed by atoms with Gasteiger partial charge in [-0.3, -0.25) is 14.9 Å². The molecular weight excluding hydrogens is 250 g/mol. The van der Waals surface area contributed by atoms with Crippen LogP contribution in [-0.4, -0.2) is 26.6 Å². The molecule has 0 radical (unpaired) electrons. The van der Waals surface area contributed by atoms with Gasteiger partial charge in [-0.2, -0.15) is 0 Å². The van der Waals surface area contributed by atoms with Crippen molar-refractivity contribution in [2.45, 2.75) is 10.7 Å². The molecule has 0 aromatic carbocycles. The summed E-state index contributed by atoms with van der Waals surface area (Å²) in [5.74, 6) is -1.15. The van der Waals surface area contributed by atoms with E-state index in [0.29, 0.717) is 5.56 Å². The second-order valence-corrected chi connectivity index (χ2v) is 3.89. The summed E-state index contributed by atoms with van der Waals surface area (Å²) in [6.07, 6.45) is 4.44. The van der Waals surface area contributed by atoms with Gasteiger partial charge in [-0.1, -0.05) is 15.9 Å². The van der Waals surface area contributed by atoms with Crippen molar-refractivity contribution < 1.29 is 9.59 Å². The Morgan fingerprint density at radius 2 is 1.86 bits per heavy atom. The van der Waals surface area contributed by atoms with E-state index >= 15 is 0 Å². The molecule has 1 aliphatic rings. The van der Waals surface area contributed by atoms with Gasteiger partial charge in [-0.25, -0.2) is 9.97 Å². The first kappa shape index (κ1) is 9.26. The van der Waals surface area contributed by atoms with E-state index in [9.17, 15) is 9.59 Å². The number of alkyl halides is 1. The molecule has 14 heavy (non-hydrogen) atoms. The molecule has 1 aromatic rings. The van der Waals surface area contributed by atoms with Crippen molar-refractivity contribution in [3.63, 3.8) is 0 Å². The second-order valence-electron chi connectivity index (χ2n) is 2.90. The van der Waals surface area contributed by atoms with E-state index in [4.69, 9.17) is 0 Å². The Kier molecular flexibility index (Phi) is 2.28. The molecule has 1 aliphatic heterocycles. The third-order valence-corrected chi connectivity index (χ3v) is 2.96. The lowest BCUT2D eigenvalue weighted by Gasteiger charge is -2.07.